The first kappa shape index (κ1) is 22.8. The maximum atomic E-state index is 14.0. The number of phenolic OH excluding ortho intramolecular Hbond substituents is 1. The van der Waals surface area contributed by atoms with Gasteiger partial charge in [-0.15, -0.1) is 0 Å². The van der Waals surface area contributed by atoms with Gasteiger partial charge in [0.1, 0.15) is 17.3 Å². The number of aromatic hydroxyl groups is 1. The molecule has 4 aromatic rings. The number of amides is 1. The van der Waals surface area contributed by atoms with Gasteiger partial charge in [-0.2, -0.15) is 0 Å². The van der Waals surface area contributed by atoms with Crippen LogP contribution in [0.4, 0.5) is 15.8 Å². The zero-order valence-corrected chi connectivity index (χ0v) is 18.5. The topological polar surface area (TPSA) is 131 Å². The smallest absolute Gasteiger partial charge is 0.277 e. The van der Waals surface area contributed by atoms with E-state index in [4.69, 9.17) is 9.26 Å². The van der Waals surface area contributed by atoms with Gasteiger partial charge in [-0.05, 0) is 42.5 Å². The zero-order valence-electron chi connectivity index (χ0n) is 17.7. The van der Waals surface area contributed by atoms with Gasteiger partial charge in [-0.3, -0.25) is 9.52 Å². The molecule has 0 spiro atoms. The highest BCUT2D eigenvalue weighted by Gasteiger charge is 2.21. The van der Waals surface area contributed by atoms with Crippen LogP contribution >= 0.6 is 0 Å². The summed E-state index contributed by atoms with van der Waals surface area (Å²) in [4.78, 5) is 12.4. The van der Waals surface area contributed by atoms with Gasteiger partial charge in [0.2, 0.25) is 0 Å². The van der Waals surface area contributed by atoms with Crippen LogP contribution in [0.2, 0.25) is 0 Å². The van der Waals surface area contributed by atoms with Crippen molar-refractivity contribution >= 4 is 27.3 Å². The van der Waals surface area contributed by atoms with Crippen molar-refractivity contribution in [3.8, 4) is 22.8 Å². The van der Waals surface area contributed by atoms with Crippen LogP contribution in [0, 0.1) is 5.82 Å². The van der Waals surface area contributed by atoms with Crippen LogP contribution in [0.25, 0.3) is 11.3 Å². The summed E-state index contributed by atoms with van der Waals surface area (Å²) < 4.78 is 52.3. The third-order valence-corrected chi connectivity index (χ3v) is 6.12. The van der Waals surface area contributed by atoms with Crippen LogP contribution in [0.5, 0.6) is 11.5 Å². The Hall–Kier alpha value is -4.38. The fourth-order valence-corrected chi connectivity index (χ4v) is 4.17. The lowest BCUT2D eigenvalue weighted by Crippen LogP contribution is -2.15. The summed E-state index contributed by atoms with van der Waals surface area (Å²) >= 11 is 0. The van der Waals surface area contributed by atoms with E-state index < -0.39 is 21.7 Å². The molecule has 0 fully saturated rings. The number of ether oxygens (including phenoxy) is 1. The Morgan fingerprint density at radius 1 is 1.03 bits per heavy atom. The number of para-hydroxylation sites is 2. The third kappa shape index (κ3) is 4.69. The Morgan fingerprint density at radius 3 is 2.53 bits per heavy atom. The summed E-state index contributed by atoms with van der Waals surface area (Å²) in [7, 11) is -2.68. The van der Waals surface area contributed by atoms with E-state index in [1.54, 1.807) is 24.3 Å². The molecule has 3 N–H and O–H groups in total. The van der Waals surface area contributed by atoms with E-state index in [0.29, 0.717) is 5.75 Å². The number of anilines is 2. The molecule has 0 bridgehead atoms. The molecule has 0 radical (unpaired) electrons. The number of carbonyl (C=O) groups is 1. The maximum absolute atomic E-state index is 14.0. The number of nitrogens with zero attached hydrogens (tertiary/aromatic N) is 1. The Bertz CT molecular complexity index is 1470. The van der Waals surface area contributed by atoms with Crippen molar-refractivity contribution < 1.29 is 32.0 Å². The predicted octanol–water partition coefficient (Wildman–Crippen LogP) is 4.25. The number of methoxy groups -OCH3 is 1. The average Bonchev–Trinajstić information content (AvgIpc) is 3.31. The van der Waals surface area contributed by atoms with Gasteiger partial charge in [0.05, 0.1) is 28.9 Å². The highest BCUT2D eigenvalue weighted by Crippen LogP contribution is 2.31. The van der Waals surface area contributed by atoms with Crippen LogP contribution in [0.1, 0.15) is 10.5 Å². The molecule has 0 unspecified atom stereocenters. The lowest BCUT2D eigenvalue weighted by Gasteiger charge is -2.13. The van der Waals surface area contributed by atoms with E-state index in [1.807, 2.05) is 0 Å². The fourth-order valence-electron chi connectivity index (χ4n) is 3.07. The Labute approximate surface area is 193 Å². The van der Waals surface area contributed by atoms with Crippen molar-refractivity contribution in [1.29, 1.82) is 0 Å². The van der Waals surface area contributed by atoms with Gasteiger partial charge >= 0.3 is 0 Å². The van der Waals surface area contributed by atoms with Gasteiger partial charge in [0.25, 0.3) is 15.9 Å². The van der Waals surface area contributed by atoms with Crippen LogP contribution in [0.15, 0.2) is 82.2 Å². The maximum Gasteiger partial charge on any atom is 0.277 e. The Balaban J connectivity index is 1.57. The number of hydrogen-bond donors (Lipinski definition) is 3. The van der Waals surface area contributed by atoms with E-state index in [2.05, 4.69) is 15.2 Å². The minimum atomic E-state index is -4.09. The molecule has 1 aromatic heterocycles. The first-order chi connectivity index (χ1) is 16.3. The van der Waals surface area contributed by atoms with E-state index >= 15 is 0 Å². The quantitative estimate of drug-likeness (QED) is 0.335. The monoisotopic (exact) mass is 483 g/mol. The number of halogens is 1. The average molecular weight is 483 g/mol. The zero-order chi connectivity index (χ0) is 24.3. The number of rotatable bonds is 7. The molecule has 3 aromatic carbocycles. The molecule has 4 rings (SSSR count). The molecular weight excluding hydrogens is 465 g/mol. The lowest BCUT2D eigenvalue weighted by molar-refractivity contribution is 0.101. The number of aromatic nitrogens is 1. The van der Waals surface area contributed by atoms with E-state index in [-0.39, 0.29) is 39.0 Å². The van der Waals surface area contributed by atoms with Crippen LogP contribution in [0.3, 0.4) is 0 Å². The number of hydrogen-bond acceptors (Lipinski definition) is 7. The van der Waals surface area contributed by atoms with Gasteiger partial charge in [0.15, 0.2) is 11.5 Å². The van der Waals surface area contributed by atoms with Crippen LogP contribution in [-0.4, -0.2) is 31.7 Å². The molecule has 0 aliphatic carbocycles. The molecule has 34 heavy (non-hydrogen) atoms. The van der Waals surface area contributed by atoms with Gasteiger partial charge < -0.3 is 19.7 Å². The molecule has 9 nitrogen and oxygen atoms in total. The normalized spacial score (nSPS) is 11.1. The molecule has 0 saturated carbocycles. The van der Waals surface area contributed by atoms with Gasteiger partial charge in [-0.25, -0.2) is 12.8 Å². The summed E-state index contributed by atoms with van der Waals surface area (Å²) in [6.45, 7) is 0. The number of sulfonamides is 1. The second-order valence-corrected chi connectivity index (χ2v) is 8.68. The second-order valence-electron chi connectivity index (χ2n) is 7.00. The molecule has 1 heterocycles. The highest BCUT2D eigenvalue weighted by molar-refractivity contribution is 7.92. The molecule has 1 amide bonds. The Kier molecular flexibility index (Phi) is 6.19. The van der Waals surface area contributed by atoms with Crippen molar-refractivity contribution in [2.45, 2.75) is 4.90 Å². The molecule has 0 saturated heterocycles. The van der Waals surface area contributed by atoms with Crippen molar-refractivity contribution in [3.63, 3.8) is 0 Å². The molecule has 174 valence electrons. The Morgan fingerprint density at radius 2 is 1.76 bits per heavy atom. The SMILES string of the molecule is COc1ccccc1NS(=O)(=O)c1ccc(O)c(NC(=O)c2cc(-c3ccccc3F)on2)c1. The highest BCUT2D eigenvalue weighted by atomic mass is 32.2. The molecule has 11 heteroatoms. The predicted molar refractivity (Wildman–Crippen MR) is 122 cm³/mol. The number of phenols is 1. The van der Waals surface area contributed by atoms with Crippen LogP contribution < -0.4 is 14.8 Å². The van der Waals surface area contributed by atoms with E-state index in [9.17, 15) is 22.7 Å². The summed E-state index contributed by atoms with van der Waals surface area (Å²) in [6, 6.07) is 16.9. The van der Waals surface area contributed by atoms with Crippen molar-refractivity contribution in [3.05, 3.63) is 84.3 Å². The van der Waals surface area contributed by atoms with Crippen LogP contribution in [-0.2, 0) is 10.0 Å². The van der Waals surface area contributed by atoms with E-state index in [1.165, 1.54) is 43.5 Å². The van der Waals surface area contributed by atoms with Crippen molar-refractivity contribution in [1.82, 2.24) is 5.16 Å². The van der Waals surface area contributed by atoms with Crippen molar-refractivity contribution in [2.75, 3.05) is 17.1 Å². The third-order valence-electron chi connectivity index (χ3n) is 4.76. The summed E-state index contributed by atoms with van der Waals surface area (Å²) in [6.07, 6.45) is 0. The minimum absolute atomic E-state index is 0.0322. The number of benzene rings is 3. The largest absolute Gasteiger partial charge is 0.506 e. The molecular formula is C23H18FN3O6S. The molecule has 0 aliphatic heterocycles. The number of carbonyl (C=O) groups excluding carboxylic acids is 1. The standard InChI is InChI=1S/C23H18FN3O6S/c1-32-21-9-5-4-8-17(21)27-34(30,31)14-10-11-20(28)18(12-14)25-23(29)19-13-22(33-26-19)15-6-2-3-7-16(15)24/h2-13,27-28H,1H3,(H,25,29). The summed E-state index contributed by atoms with van der Waals surface area (Å²) in [5, 5.41) is 16.2. The molecule has 0 atom stereocenters. The molecule has 0 aliphatic rings. The summed E-state index contributed by atoms with van der Waals surface area (Å²) in [5.74, 6) is -1.38. The first-order valence-corrected chi connectivity index (χ1v) is 11.3. The second kappa shape index (κ2) is 9.24. The van der Waals surface area contributed by atoms with E-state index in [0.717, 1.165) is 12.1 Å². The first-order valence-electron chi connectivity index (χ1n) is 9.80. The number of nitrogens with one attached hydrogen (secondary N) is 2. The van der Waals surface area contributed by atoms with Gasteiger partial charge in [-0.1, -0.05) is 29.4 Å². The van der Waals surface area contributed by atoms with Gasteiger partial charge in [0, 0.05) is 6.07 Å². The lowest BCUT2D eigenvalue weighted by atomic mass is 10.1. The minimum Gasteiger partial charge on any atom is -0.506 e. The fraction of sp³-hybridized carbons (Fsp3) is 0.0435. The van der Waals surface area contributed by atoms with Crippen molar-refractivity contribution in [2.24, 2.45) is 0 Å². The summed E-state index contributed by atoms with van der Waals surface area (Å²) in [5.41, 5.74) is -0.0410.